The molecule has 0 aliphatic heterocycles. The highest BCUT2D eigenvalue weighted by Crippen LogP contribution is 2.27. The van der Waals surface area contributed by atoms with E-state index in [1.165, 1.54) is 12.1 Å². The zero-order valence-corrected chi connectivity index (χ0v) is 18.9. The van der Waals surface area contributed by atoms with Crippen molar-refractivity contribution in [1.29, 1.82) is 0 Å². The molecule has 0 fully saturated rings. The minimum atomic E-state index is -3.90. The third-order valence-electron chi connectivity index (χ3n) is 4.55. The molecule has 0 aliphatic carbocycles. The first kappa shape index (κ1) is 22.2. The van der Waals surface area contributed by atoms with E-state index in [9.17, 15) is 13.2 Å². The van der Waals surface area contributed by atoms with Crippen molar-refractivity contribution in [3.05, 3.63) is 86.9 Å². The number of anilines is 2. The minimum Gasteiger partial charge on any atom is -0.321 e. The molecule has 0 heterocycles. The van der Waals surface area contributed by atoms with Gasteiger partial charge in [-0.15, -0.1) is 0 Å². The van der Waals surface area contributed by atoms with Gasteiger partial charge in [-0.3, -0.25) is 9.52 Å². The smallest absolute Gasteiger partial charge is 0.262 e. The van der Waals surface area contributed by atoms with E-state index >= 15 is 0 Å². The zero-order valence-electron chi connectivity index (χ0n) is 16.6. The number of nitrogens with one attached hydrogen (secondary N) is 2. The van der Waals surface area contributed by atoms with Gasteiger partial charge in [0.25, 0.3) is 15.9 Å². The van der Waals surface area contributed by atoms with E-state index < -0.39 is 15.9 Å². The maximum atomic E-state index is 13.0. The van der Waals surface area contributed by atoms with Gasteiger partial charge in [0.15, 0.2) is 0 Å². The molecule has 156 valence electrons. The summed E-state index contributed by atoms with van der Waals surface area (Å²) >= 11 is 12.1. The molecule has 0 saturated heterocycles. The Hall–Kier alpha value is -2.54. The topological polar surface area (TPSA) is 75.3 Å². The highest BCUT2D eigenvalue weighted by atomic mass is 35.5. The third-order valence-corrected chi connectivity index (χ3v) is 6.63. The van der Waals surface area contributed by atoms with Gasteiger partial charge in [0.2, 0.25) is 0 Å². The first-order chi connectivity index (χ1) is 14.1. The van der Waals surface area contributed by atoms with Gasteiger partial charge in [-0.1, -0.05) is 41.4 Å². The number of carbonyl (C=O) groups is 1. The molecule has 0 aliphatic rings. The van der Waals surface area contributed by atoms with E-state index in [4.69, 9.17) is 23.2 Å². The molecule has 5 nitrogen and oxygen atoms in total. The summed E-state index contributed by atoms with van der Waals surface area (Å²) in [5.41, 5.74) is 3.26. The maximum Gasteiger partial charge on any atom is 0.262 e. The lowest BCUT2D eigenvalue weighted by molar-refractivity contribution is 0.102. The Morgan fingerprint density at radius 3 is 2.27 bits per heavy atom. The van der Waals surface area contributed by atoms with Gasteiger partial charge >= 0.3 is 0 Å². The Labute approximate surface area is 186 Å². The highest BCUT2D eigenvalue weighted by molar-refractivity contribution is 7.92. The van der Waals surface area contributed by atoms with Crippen molar-refractivity contribution in [3.8, 4) is 0 Å². The fourth-order valence-electron chi connectivity index (χ4n) is 2.86. The van der Waals surface area contributed by atoms with Gasteiger partial charge in [-0.05, 0) is 73.9 Å². The predicted molar refractivity (Wildman–Crippen MR) is 122 cm³/mol. The summed E-state index contributed by atoms with van der Waals surface area (Å²) < 4.78 is 28.7. The first-order valence-electron chi connectivity index (χ1n) is 9.04. The van der Waals surface area contributed by atoms with Crippen LogP contribution in [0.1, 0.15) is 27.0 Å². The lowest BCUT2D eigenvalue weighted by Gasteiger charge is -2.14. The van der Waals surface area contributed by atoms with Gasteiger partial charge in [-0.25, -0.2) is 8.42 Å². The highest BCUT2D eigenvalue weighted by Gasteiger charge is 2.20. The van der Waals surface area contributed by atoms with Crippen molar-refractivity contribution in [1.82, 2.24) is 0 Å². The number of sulfonamides is 1. The molecule has 8 heteroatoms. The molecule has 3 aromatic carbocycles. The molecule has 3 aromatic rings. The number of hydrogen-bond donors (Lipinski definition) is 2. The molecule has 0 saturated carbocycles. The first-order valence-corrected chi connectivity index (χ1v) is 11.3. The van der Waals surface area contributed by atoms with Crippen LogP contribution in [-0.4, -0.2) is 14.3 Å². The Kier molecular flexibility index (Phi) is 6.41. The van der Waals surface area contributed by atoms with Crippen LogP contribution in [0.2, 0.25) is 10.0 Å². The number of amides is 1. The zero-order chi connectivity index (χ0) is 22.1. The molecule has 1 amide bonds. The van der Waals surface area contributed by atoms with Crippen LogP contribution in [0.4, 0.5) is 11.4 Å². The second kappa shape index (κ2) is 8.68. The summed E-state index contributed by atoms with van der Waals surface area (Å²) in [6, 6.07) is 14.7. The average molecular weight is 463 g/mol. The second-order valence-electron chi connectivity index (χ2n) is 6.98. The summed E-state index contributed by atoms with van der Waals surface area (Å²) in [4.78, 5) is 12.7. The Balaban J connectivity index is 1.93. The molecule has 0 spiro atoms. The standard InChI is InChI=1S/C22H20Cl2N2O3S/c1-13-4-5-14(2)19(10-13)26-30(28,29)21-11-16(7-6-15(21)3)22(27)25-20-12-17(23)8-9-18(20)24/h4-12,26H,1-3H3,(H,25,27). The van der Waals surface area contributed by atoms with E-state index in [-0.39, 0.29) is 10.5 Å². The molecule has 0 bridgehead atoms. The van der Waals surface area contributed by atoms with Crippen LogP contribution in [0.15, 0.2) is 59.5 Å². The molecular weight excluding hydrogens is 443 g/mol. The summed E-state index contributed by atoms with van der Waals surface area (Å²) in [5.74, 6) is -0.498. The van der Waals surface area contributed by atoms with Crippen molar-refractivity contribution in [2.45, 2.75) is 25.7 Å². The Morgan fingerprint density at radius 2 is 1.53 bits per heavy atom. The van der Waals surface area contributed by atoms with Crippen LogP contribution < -0.4 is 10.0 Å². The van der Waals surface area contributed by atoms with Crippen LogP contribution >= 0.6 is 23.2 Å². The summed E-state index contributed by atoms with van der Waals surface area (Å²) in [6.45, 7) is 5.38. The van der Waals surface area contributed by atoms with Crippen molar-refractivity contribution in [3.63, 3.8) is 0 Å². The summed E-state index contributed by atoms with van der Waals surface area (Å²) in [5, 5.41) is 3.40. The Morgan fingerprint density at radius 1 is 0.833 bits per heavy atom. The van der Waals surface area contributed by atoms with Gasteiger partial charge in [-0.2, -0.15) is 0 Å². The second-order valence-corrected chi connectivity index (χ2v) is 9.48. The van der Waals surface area contributed by atoms with E-state index in [1.807, 2.05) is 26.0 Å². The number of carbonyl (C=O) groups excluding carboxylic acids is 1. The quantitative estimate of drug-likeness (QED) is 0.490. The predicted octanol–water partition coefficient (Wildman–Crippen LogP) is 5.97. The molecule has 2 N–H and O–H groups in total. The number of rotatable bonds is 5. The number of aryl methyl sites for hydroxylation is 3. The fourth-order valence-corrected chi connectivity index (χ4v) is 4.59. The van der Waals surface area contributed by atoms with Crippen LogP contribution in [0.25, 0.3) is 0 Å². The van der Waals surface area contributed by atoms with Gasteiger partial charge in [0.1, 0.15) is 0 Å². The maximum absolute atomic E-state index is 13.0. The van der Waals surface area contributed by atoms with Crippen LogP contribution in [0.3, 0.4) is 0 Å². The van der Waals surface area contributed by atoms with Crippen LogP contribution in [0, 0.1) is 20.8 Å². The summed E-state index contributed by atoms with van der Waals surface area (Å²) in [7, 11) is -3.90. The molecule has 0 unspecified atom stereocenters. The third kappa shape index (κ3) is 4.95. The van der Waals surface area contributed by atoms with Gasteiger partial charge in [0.05, 0.1) is 21.3 Å². The molecule has 3 rings (SSSR count). The van der Waals surface area contributed by atoms with Crippen LogP contribution in [0.5, 0.6) is 0 Å². The number of halogens is 2. The minimum absolute atomic E-state index is 0.0215. The molecule has 0 radical (unpaired) electrons. The number of hydrogen-bond acceptors (Lipinski definition) is 3. The van der Waals surface area contributed by atoms with E-state index in [0.717, 1.165) is 11.1 Å². The van der Waals surface area contributed by atoms with Crippen molar-refractivity contribution < 1.29 is 13.2 Å². The lowest BCUT2D eigenvalue weighted by Crippen LogP contribution is -2.17. The molecule has 30 heavy (non-hydrogen) atoms. The van der Waals surface area contributed by atoms with Gasteiger partial charge < -0.3 is 5.32 Å². The average Bonchev–Trinajstić information content (AvgIpc) is 2.67. The number of benzene rings is 3. The normalized spacial score (nSPS) is 11.2. The SMILES string of the molecule is Cc1ccc(C)c(NS(=O)(=O)c2cc(C(=O)Nc3cc(Cl)ccc3Cl)ccc2C)c1. The van der Waals surface area contributed by atoms with E-state index in [1.54, 1.807) is 37.3 Å². The van der Waals surface area contributed by atoms with Gasteiger partial charge in [0, 0.05) is 10.6 Å². The van der Waals surface area contributed by atoms with Crippen molar-refractivity contribution in [2.75, 3.05) is 10.0 Å². The van der Waals surface area contributed by atoms with Crippen molar-refractivity contribution in [2.24, 2.45) is 0 Å². The largest absolute Gasteiger partial charge is 0.321 e. The van der Waals surface area contributed by atoms with E-state index in [0.29, 0.717) is 27.0 Å². The molecular formula is C22H20Cl2N2O3S. The molecule has 0 aromatic heterocycles. The monoisotopic (exact) mass is 462 g/mol. The molecule has 0 atom stereocenters. The Bertz CT molecular complexity index is 1240. The lowest BCUT2D eigenvalue weighted by atomic mass is 10.1. The van der Waals surface area contributed by atoms with Crippen molar-refractivity contribution >= 4 is 50.5 Å². The summed E-state index contributed by atoms with van der Waals surface area (Å²) in [6.07, 6.45) is 0. The van der Waals surface area contributed by atoms with Crippen LogP contribution in [-0.2, 0) is 10.0 Å². The fraction of sp³-hybridized carbons (Fsp3) is 0.136. The van der Waals surface area contributed by atoms with E-state index in [2.05, 4.69) is 10.0 Å².